The highest BCUT2D eigenvalue weighted by Gasteiger charge is 2.31. The van der Waals surface area contributed by atoms with E-state index >= 15 is 0 Å². The number of hydrogen-bond donors (Lipinski definition) is 2. The summed E-state index contributed by atoms with van der Waals surface area (Å²) in [7, 11) is 0. The quantitative estimate of drug-likeness (QED) is 0.897. The van der Waals surface area contributed by atoms with E-state index < -0.39 is 11.7 Å². The van der Waals surface area contributed by atoms with E-state index in [4.69, 9.17) is 5.73 Å². The van der Waals surface area contributed by atoms with Gasteiger partial charge in [0.1, 0.15) is 0 Å². The molecule has 3 N–H and O–H groups in total. The zero-order chi connectivity index (χ0) is 17.3. The second-order valence-corrected chi connectivity index (χ2v) is 5.83. The van der Waals surface area contributed by atoms with Gasteiger partial charge in [-0.2, -0.15) is 23.3 Å². The molecule has 9 heteroatoms. The SMILES string of the molecule is CC(c1n[nH]c(N)n1)N1CCN(c2cccc(C(F)(F)F)c2)CC1. The van der Waals surface area contributed by atoms with Gasteiger partial charge in [0.2, 0.25) is 5.95 Å². The van der Waals surface area contributed by atoms with Gasteiger partial charge >= 0.3 is 6.18 Å². The molecule has 1 aromatic heterocycles. The Morgan fingerprint density at radius 3 is 2.50 bits per heavy atom. The predicted octanol–water partition coefficient (Wildman–Crippen LogP) is 2.29. The number of nitrogens with two attached hydrogens (primary N) is 1. The number of nitrogens with zero attached hydrogens (tertiary/aromatic N) is 4. The Morgan fingerprint density at radius 2 is 1.92 bits per heavy atom. The summed E-state index contributed by atoms with van der Waals surface area (Å²) in [6.45, 7) is 4.71. The molecule has 0 amide bonds. The van der Waals surface area contributed by atoms with Gasteiger partial charge in [-0.25, -0.2) is 5.10 Å². The second kappa shape index (κ2) is 6.31. The van der Waals surface area contributed by atoms with Gasteiger partial charge in [0.05, 0.1) is 11.6 Å². The fourth-order valence-electron chi connectivity index (χ4n) is 2.88. The lowest BCUT2D eigenvalue weighted by Gasteiger charge is -2.38. The molecule has 130 valence electrons. The van der Waals surface area contributed by atoms with Crippen LogP contribution in [0.4, 0.5) is 24.8 Å². The van der Waals surface area contributed by atoms with E-state index in [2.05, 4.69) is 20.1 Å². The molecule has 2 heterocycles. The maximum absolute atomic E-state index is 12.8. The summed E-state index contributed by atoms with van der Waals surface area (Å²) in [5.74, 6) is 0.902. The molecule has 3 rings (SSSR count). The molecule has 1 unspecified atom stereocenters. The molecule has 24 heavy (non-hydrogen) atoms. The molecular formula is C15H19F3N6. The number of H-pyrrole nitrogens is 1. The lowest BCUT2D eigenvalue weighted by molar-refractivity contribution is -0.137. The maximum Gasteiger partial charge on any atom is 0.416 e. The van der Waals surface area contributed by atoms with E-state index in [1.807, 2.05) is 11.8 Å². The topological polar surface area (TPSA) is 74.1 Å². The van der Waals surface area contributed by atoms with Gasteiger partial charge in [-0.1, -0.05) is 6.07 Å². The number of halogens is 3. The van der Waals surface area contributed by atoms with Crippen molar-refractivity contribution in [3.05, 3.63) is 35.7 Å². The first-order chi connectivity index (χ1) is 11.3. The van der Waals surface area contributed by atoms with Crippen molar-refractivity contribution in [3.8, 4) is 0 Å². The number of aromatic amines is 1. The van der Waals surface area contributed by atoms with Crippen LogP contribution in [-0.4, -0.2) is 46.3 Å². The van der Waals surface area contributed by atoms with Gasteiger partial charge in [-0.15, -0.1) is 0 Å². The number of alkyl halides is 3. The van der Waals surface area contributed by atoms with Crippen molar-refractivity contribution >= 4 is 11.6 Å². The predicted molar refractivity (Wildman–Crippen MR) is 84.4 cm³/mol. The largest absolute Gasteiger partial charge is 0.416 e. The van der Waals surface area contributed by atoms with Gasteiger partial charge in [0.25, 0.3) is 0 Å². The summed E-state index contributed by atoms with van der Waals surface area (Å²) in [5.41, 5.74) is 5.52. The van der Waals surface area contributed by atoms with Gasteiger partial charge in [-0.05, 0) is 25.1 Å². The van der Waals surface area contributed by atoms with Crippen LogP contribution in [0.15, 0.2) is 24.3 Å². The number of benzene rings is 1. The van der Waals surface area contributed by atoms with Crippen molar-refractivity contribution in [2.45, 2.75) is 19.1 Å². The highest BCUT2D eigenvalue weighted by atomic mass is 19.4. The molecule has 0 saturated carbocycles. The van der Waals surface area contributed by atoms with Crippen LogP contribution in [0.1, 0.15) is 24.4 Å². The van der Waals surface area contributed by atoms with Crippen LogP contribution in [0.3, 0.4) is 0 Å². The second-order valence-electron chi connectivity index (χ2n) is 5.83. The molecular weight excluding hydrogens is 321 g/mol. The summed E-state index contributed by atoms with van der Waals surface area (Å²) in [6, 6.07) is 5.46. The molecule has 2 aromatic rings. The Labute approximate surface area is 137 Å². The molecule has 1 saturated heterocycles. The number of nitrogen functional groups attached to an aromatic ring is 1. The molecule has 1 aromatic carbocycles. The summed E-state index contributed by atoms with van der Waals surface area (Å²) >= 11 is 0. The van der Waals surface area contributed by atoms with E-state index in [-0.39, 0.29) is 12.0 Å². The molecule has 1 aliphatic rings. The first-order valence-corrected chi connectivity index (χ1v) is 7.68. The van der Waals surface area contributed by atoms with Crippen molar-refractivity contribution in [1.29, 1.82) is 0 Å². The van der Waals surface area contributed by atoms with Crippen LogP contribution in [0.2, 0.25) is 0 Å². The van der Waals surface area contributed by atoms with Gasteiger partial charge in [-0.3, -0.25) is 4.90 Å². The average molecular weight is 340 g/mol. The molecule has 1 fully saturated rings. The molecule has 0 radical (unpaired) electrons. The summed E-state index contributed by atoms with van der Waals surface area (Å²) in [6.07, 6.45) is -4.32. The summed E-state index contributed by atoms with van der Waals surface area (Å²) in [4.78, 5) is 8.28. The van der Waals surface area contributed by atoms with E-state index in [9.17, 15) is 13.2 Å². The first-order valence-electron chi connectivity index (χ1n) is 7.68. The molecule has 0 spiro atoms. The summed E-state index contributed by atoms with van der Waals surface area (Å²) < 4.78 is 38.5. The Kier molecular flexibility index (Phi) is 4.35. The van der Waals surface area contributed by atoms with Crippen LogP contribution >= 0.6 is 0 Å². The molecule has 1 aliphatic heterocycles. The minimum absolute atomic E-state index is 0.00205. The van der Waals surface area contributed by atoms with Gasteiger partial charge < -0.3 is 10.6 Å². The standard InChI is InChI=1S/C15H19F3N6/c1-10(13-20-14(19)22-21-13)23-5-7-24(8-6-23)12-4-2-3-11(9-12)15(16,17)18/h2-4,9-10H,5-8H2,1H3,(H3,19,20,21,22). The van der Waals surface area contributed by atoms with Crippen molar-refractivity contribution in [3.63, 3.8) is 0 Å². The first kappa shape index (κ1) is 16.6. The lowest BCUT2D eigenvalue weighted by atomic mass is 10.1. The third-order valence-electron chi connectivity index (χ3n) is 4.29. The van der Waals surface area contributed by atoms with Crippen LogP contribution in [0.5, 0.6) is 0 Å². The van der Waals surface area contributed by atoms with E-state index in [1.54, 1.807) is 6.07 Å². The monoisotopic (exact) mass is 340 g/mol. The Morgan fingerprint density at radius 1 is 1.21 bits per heavy atom. The highest BCUT2D eigenvalue weighted by molar-refractivity contribution is 5.49. The van der Waals surface area contributed by atoms with Crippen LogP contribution < -0.4 is 10.6 Å². The van der Waals surface area contributed by atoms with E-state index in [1.165, 1.54) is 12.1 Å². The number of rotatable bonds is 3. The van der Waals surface area contributed by atoms with Crippen molar-refractivity contribution in [2.75, 3.05) is 36.8 Å². The van der Waals surface area contributed by atoms with Gasteiger partial charge in [0, 0.05) is 31.9 Å². The molecule has 0 aliphatic carbocycles. The normalized spacial score (nSPS) is 17.9. The van der Waals surface area contributed by atoms with Crippen LogP contribution in [0.25, 0.3) is 0 Å². The number of aromatic nitrogens is 3. The minimum Gasteiger partial charge on any atom is -0.369 e. The Balaban J connectivity index is 1.65. The average Bonchev–Trinajstić information content (AvgIpc) is 3.00. The third kappa shape index (κ3) is 3.45. The fourth-order valence-corrected chi connectivity index (χ4v) is 2.88. The molecule has 0 bridgehead atoms. The van der Waals surface area contributed by atoms with E-state index in [0.717, 1.165) is 6.07 Å². The lowest BCUT2D eigenvalue weighted by Crippen LogP contribution is -2.47. The highest BCUT2D eigenvalue weighted by Crippen LogP contribution is 2.32. The minimum atomic E-state index is -4.32. The number of piperazine rings is 1. The van der Waals surface area contributed by atoms with E-state index in [0.29, 0.717) is 37.7 Å². The fraction of sp³-hybridized carbons (Fsp3) is 0.467. The number of anilines is 2. The Hall–Kier alpha value is -2.29. The zero-order valence-corrected chi connectivity index (χ0v) is 13.2. The maximum atomic E-state index is 12.8. The van der Waals surface area contributed by atoms with Gasteiger partial charge in [0.15, 0.2) is 5.82 Å². The van der Waals surface area contributed by atoms with Crippen molar-refractivity contribution < 1.29 is 13.2 Å². The zero-order valence-electron chi connectivity index (χ0n) is 13.2. The van der Waals surface area contributed by atoms with Crippen LogP contribution in [-0.2, 0) is 6.18 Å². The van der Waals surface area contributed by atoms with Crippen LogP contribution in [0, 0.1) is 0 Å². The smallest absolute Gasteiger partial charge is 0.369 e. The molecule has 6 nitrogen and oxygen atoms in total. The van der Waals surface area contributed by atoms with Crippen molar-refractivity contribution in [2.24, 2.45) is 0 Å². The summed E-state index contributed by atoms with van der Waals surface area (Å²) in [5, 5.41) is 6.68. The number of nitrogens with one attached hydrogen (secondary N) is 1. The number of hydrogen-bond acceptors (Lipinski definition) is 5. The van der Waals surface area contributed by atoms with Crippen molar-refractivity contribution in [1.82, 2.24) is 20.1 Å². The Bertz CT molecular complexity index is 691. The molecule has 1 atom stereocenters. The third-order valence-corrected chi connectivity index (χ3v) is 4.29.